The van der Waals surface area contributed by atoms with Gasteiger partial charge in [0.25, 0.3) is 0 Å². The Hall–Kier alpha value is -0.0400. The molecule has 2 rings (SSSR count). The molecule has 2 saturated carbocycles. The van der Waals surface area contributed by atoms with Crippen LogP contribution in [-0.2, 0) is 0 Å². The van der Waals surface area contributed by atoms with Crippen molar-refractivity contribution in [2.75, 3.05) is 6.54 Å². The molecule has 0 bridgehead atoms. The van der Waals surface area contributed by atoms with Crippen molar-refractivity contribution in [3.8, 4) is 0 Å². The summed E-state index contributed by atoms with van der Waals surface area (Å²) in [4.78, 5) is 0. The van der Waals surface area contributed by atoms with E-state index in [9.17, 15) is 0 Å². The maximum absolute atomic E-state index is 3.70. The van der Waals surface area contributed by atoms with Gasteiger partial charge in [-0.2, -0.15) is 0 Å². The van der Waals surface area contributed by atoms with Gasteiger partial charge in [-0.15, -0.1) is 0 Å². The second kappa shape index (κ2) is 4.45. The molecule has 0 heterocycles. The molecule has 0 spiro atoms. The Labute approximate surface area is 82.3 Å². The summed E-state index contributed by atoms with van der Waals surface area (Å²) in [6.45, 7) is 3.70. The molecular weight excluding hydrogens is 158 g/mol. The molecule has 2 aliphatic carbocycles. The highest BCUT2D eigenvalue weighted by Crippen LogP contribution is 2.28. The Morgan fingerprint density at radius 3 is 2.23 bits per heavy atom. The number of hydrogen-bond acceptors (Lipinski definition) is 1. The largest absolute Gasteiger partial charge is 0.314 e. The standard InChI is InChI=1S/C12H23N/c1-10-5-7-11(8-6-10)9-13-12-3-2-4-12/h10-13H,2-9H2,1H3. The van der Waals surface area contributed by atoms with Gasteiger partial charge in [-0.05, 0) is 44.1 Å². The molecule has 1 nitrogen and oxygen atoms in total. The fourth-order valence-electron chi connectivity index (χ4n) is 2.48. The monoisotopic (exact) mass is 181 g/mol. The van der Waals surface area contributed by atoms with E-state index in [0.717, 1.165) is 17.9 Å². The van der Waals surface area contributed by atoms with Gasteiger partial charge in [-0.3, -0.25) is 0 Å². The Morgan fingerprint density at radius 2 is 1.69 bits per heavy atom. The summed E-state index contributed by atoms with van der Waals surface area (Å²) >= 11 is 0. The van der Waals surface area contributed by atoms with E-state index in [-0.39, 0.29) is 0 Å². The van der Waals surface area contributed by atoms with Crippen LogP contribution in [-0.4, -0.2) is 12.6 Å². The van der Waals surface area contributed by atoms with Crippen molar-refractivity contribution in [2.24, 2.45) is 11.8 Å². The average molecular weight is 181 g/mol. The van der Waals surface area contributed by atoms with Crippen LogP contribution in [0.15, 0.2) is 0 Å². The summed E-state index contributed by atoms with van der Waals surface area (Å²) in [6, 6.07) is 0.888. The molecular formula is C12H23N. The molecule has 1 heteroatoms. The van der Waals surface area contributed by atoms with Gasteiger partial charge in [0.2, 0.25) is 0 Å². The lowest BCUT2D eigenvalue weighted by Crippen LogP contribution is -2.38. The van der Waals surface area contributed by atoms with Crippen LogP contribution < -0.4 is 5.32 Å². The van der Waals surface area contributed by atoms with E-state index in [1.165, 1.54) is 51.5 Å². The highest BCUT2D eigenvalue weighted by atomic mass is 14.9. The third-order valence-corrected chi connectivity index (χ3v) is 3.94. The van der Waals surface area contributed by atoms with Crippen LogP contribution in [0.1, 0.15) is 51.9 Å². The molecule has 0 saturated heterocycles. The molecule has 0 aromatic carbocycles. The minimum Gasteiger partial charge on any atom is -0.314 e. The molecule has 0 aliphatic heterocycles. The van der Waals surface area contributed by atoms with Crippen molar-refractivity contribution in [2.45, 2.75) is 57.9 Å². The zero-order valence-electron chi connectivity index (χ0n) is 8.89. The minimum absolute atomic E-state index is 0.888. The van der Waals surface area contributed by atoms with Crippen molar-refractivity contribution in [1.29, 1.82) is 0 Å². The Kier molecular flexibility index (Phi) is 3.26. The van der Waals surface area contributed by atoms with Gasteiger partial charge in [-0.1, -0.05) is 26.2 Å². The first-order valence-corrected chi connectivity index (χ1v) is 6.08. The van der Waals surface area contributed by atoms with Crippen molar-refractivity contribution in [1.82, 2.24) is 5.32 Å². The van der Waals surface area contributed by atoms with E-state index >= 15 is 0 Å². The molecule has 0 amide bonds. The van der Waals surface area contributed by atoms with Crippen LogP contribution in [0.4, 0.5) is 0 Å². The van der Waals surface area contributed by atoms with Gasteiger partial charge in [-0.25, -0.2) is 0 Å². The van der Waals surface area contributed by atoms with Crippen LogP contribution in [0.5, 0.6) is 0 Å². The van der Waals surface area contributed by atoms with Gasteiger partial charge in [0.1, 0.15) is 0 Å². The lowest BCUT2D eigenvalue weighted by molar-refractivity contribution is 0.252. The van der Waals surface area contributed by atoms with E-state index in [2.05, 4.69) is 12.2 Å². The zero-order valence-corrected chi connectivity index (χ0v) is 8.89. The average Bonchev–Trinajstić information content (AvgIpc) is 2.05. The maximum atomic E-state index is 3.70. The van der Waals surface area contributed by atoms with E-state index in [0.29, 0.717) is 0 Å². The summed E-state index contributed by atoms with van der Waals surface area (Å²) in [5, 5.41) is 3.70. The van der Waals surface area contributed by atoms with Crippen LogP contribution in [0.3, 0.4) is 0 Å². The SMILES string of the molecule is CC1CCC(CNC2CCC2)CC1. The quantitative estimate of drug-likeness (QED) is 0.706. The molecule has 0 atom stereocenters. The predicted molar refractivity (Wildman–Crippen MR) is 56.8 cm³/mol. The summed E-state index contributed by atoms with van der Waals surface area (Å²) in [5.41, 5.74) is 0. The van der Waals surface area contributed by atoms with Gasteiger partial charge >= 0.3 is 0 Å². The van der Waals surface area contributed by atoms with Crippen LogP contribution in [0.25, 0.3) is 0 Å². The summed E-state index contributed by atoms with van der Waals surface area (Å²) in [7, 11) is 0. The highest BCUT2D eigenvalue weighted by molar-refractivity contribution is 4.79. The smallest absolute Gasteiger partial charge is 0.00671 e. The topological polar surface area (TPSA) is 12.0 Å². The van der Waals surface area contributed by atoms with Gasteiger partial charge in [0.15, 0.2) is 0 Å². The molecule has 76 valence electrons. The summed E-state index contributed by atoms with van der Waals surface area (Å²) in [5.74, 6) is 2.00. The molecule has 1 N–H and O–H groups in total. The Bertz CT molecular complexity index is 143. The molecule has 2 fully saturated rings. The van der Waals surface area contributed by atoms with Crippen molar-refractivity contribution < 1.29 is 0 Å². The third-order valence-electron chi connectivity index (χ3n) is 3.94. The van der Waals surface area contributed by atoms with Gasteiger partial charge in [0.05, 0.1) is 0 Å². The third kappa shape index (κ3) is 2.70. The fraction of sp³-hybridized carbons (Fsp3) is 1.00. The van der Waals surface area contributed by atoms with E-state index in [1.807, 2.05) is 0 Å². The molecule has 13 heavy (non-hydrogen) atoms. The summed E-state index contributed by atoms with van der Waals surface area (Å²) < 4.78 is 0. The van der Waals surface area contributed by atoms with Crippen LogP contribution >= 0.6 is 0 Å². The second-order valence-electron chi connectivity index (χ2n) is 5.16. The van der Waals surface area contributed by atoms with Gasteiger partial charge < -0.3 is 5.32 Å². The maximum Gasteiger partial charge on any atom is 0.00671 e. The highest BCUT2D eigenvalue weighted by Gasteiger charge is 2.21. The van der Waals surface area contributed by atoms with E-state index < -0.39 is 0 Å². The first-order valence-electron chi connectivity index (χ1n) is 6.08. The zero-order chi connectivity index (χ0) is 9.10. The number of rotatable bonds is 3. The lowest BCUT2D eigenvalue weighted by atomic mass is 9.82. The predicted octanol–water partition coefficient (Wildman–Crippen LogP) is 2.95. The number of hydrogen-bond donors (Lipinski definition) is 1. The van der Waals surface area contributed by atoms with E-state index in [1.54, 1.807) is 0 Å². The first kappa shape index (κ1) is 9.51. The summed E-state index contributed by atoms with van der Waals surface area (Å²) in [6.07, 6.45) is 10.2. The lowest BCUT2D eigenvalue weighted by Gasteiger charge is -2.31. The molecule has 0 radical (unpaired) electrons. The Morgan fingerprint density at radius 1 is 1.00 bits per heavy atom. The second-order valence-corrected chi connectivity index (χ2v) is 5.16. The van der Waals surface area contributed by atoms with Crippen LogP contribution in [0.2, 0.25) is 0 Å². The van der Waals surface area contributed by atoms with Gasteiger partial charge in [0, 0.05) is 6.04 Å². The molecule has 0 unspecified atom stereocenters. The molecule has 0 aromatic heterocycles. The van der Waals surface area contributed by atoms with E-state index in [4.69, 9.17) is 0 Å². The Balaban J connectivity index is 1.59. The van der Waals surface area contributed by atoms with Crippen molar-refractivity contribution in [3.05, 3.63) is 0 Å². The minimum atomic E-state index is 0.888. The normalized spacial score (nSPS) is 35.8. The molecule has 2 aliphatic rings. The molecule has 0 aromatic rings. The first-order chi connectivity index (χ1) is 6.34. The number of nitrogens with one attached hydrogen (secondary N) is 1. The fourth-order valence-corrected chi connectivity index (χ4v) is 2.48. The van der Waals surface area contributed by atoms with Crippen LogP contribution in [0, 0.1) is 11.8 Å². The van der Waals surface area contributed by atoms with Crippen molar-refractivity contribution >= 4 is 0 Å². The van der Waals surface area contributed by atoms with Crippen molar-refractivity contribution in [3.63, 3.8) is 0 Å².